The number of carbonyl (C=O) groups is 2. The van der Waals surface area contributed by atoms with Crippen LogP contribution in [0.4, 0.5) is 5.82 Å². The summed E-state index contributed by atoms with van der Waals surface area (Å²) >= 11 is 0. The molecule has 31 heavy (non-hydrogen) atoms. The van der Waals surface area contributed by atoms with Crippen LogP contribution in [0.25, 0.3) is 5.69 Å². The van der Waals surface area contributed by atoms with E-state index in [4.69, 9.17) is 5.10 Å². The average Bonchev–Trinajstić information content (AvgIpc) is 3.07. The molecule has 6 heteroatoms. The Hall–Kier alpha value is -2.63. The SMILES string of the molecule is CCCN(CC(=O)Nc1cc(C(C)(C)C)nn1-c1cccc(C)c1C)C(=O)CC(C)C. The maximum Gasteiger partial charge on any atom is 0.245 e. The summed E-state index contributed by atoms with van der Waals surface area (Å²) < 4.78 is 1.81. The van der Waals surface area contributed by atoms with Gasteiger partial charge in [0.15, 0.2) is 0 Å². The van der Waals surface area contributed by atoms with Gasteiger partial charge in [-0.15, -0.1) is 0 Å². The molecule has 0 fully saturated rings. The number of hydrogen-bond donors (Lipinski definition) is 1. The average molecular weight is 427 g/mol. The van der Waals surface area contributed by atoms with Crippen LogP contribution in [-0.4, -0.2) is 39.6 Å². The minimum absolute atomic E-state index is 0.0189. The predicted molar refractivity (Wildman–Crippen MR) is 127 cm³/mol. The molecule has 0 unspecified atom stereocenters. The first-order valence-electron chi connectivity index (χ1n) is 11.2. The zero-order chi connectivity index (χ0) is 23.3. The van der Waals surface area contributed by atoms with Crippen molar-refractivity contribution in [2.75, 3.05) is 18.4 Å². The summed E-state index contributed by atoms with van der Waals surface area (Å²) in [4.78, 5) is 27.2. The molecule has 0 aliphatic heterocycles. The number of nitrogens with one attached hydrogen (secondary N) is 1. The van der Waals surface area contributed by atoms with Crippen molar-refractivity contribution in [3.63, 3.8) is 0 Å². The number of aromatic nitrogens is 2. The highest BCUT2D eigenvalue weighted by molar-refractivity contribution is 5.94. The van der Waals surface area contributed by atoms with Crippen molar-refractivity contribution in [3.8, 4) is 5.69 Å². The summed E-state index contributed by atoms with van der Waals surface area (Å²) in [5, 5.41) is 7.83. The number of aryl methyl sites for hydroxylation is 1. The largest absolute Gasteiger partial charge is 0.333 e. The molecule has 0 aliphatic rings. The molecular weight excluding hydrogens is 388 g/mol. The van der Waals surface area contributed by atoms with Crippen molar-refractivity contribution < 1.29 is 9.59 Å². The highest BCUT2D eigenvalue weighted by Gasteiger charge is 2.23. The molecule has 6 nitrogen and oxygen atoms in total. The monoisotopic (exact) mass is 426 g/mol. The molecule has 170 valence electrons. The summed E-state index contributed by atoms with van der Waals surface area (Å²) in [5.41, 5.74) is 3.94. The number of carbonyl (C=O) groups excluding carboxylic acids is 2. The van der Waals surface area contributed by atoms with E-state index < -0.39 is 0 Å². The van der Waals surface area contributed by atoms with Crippen LogP contribution in [0, 0.1) is 19.8 Å². The number of amides is 2. The van der Waals surface area contributed by atoms with Crippen molar-refractivity contribution in [3.05, 3.63) is 41.1 Å². The second-order valence-electron chi connectivity index (χ2n) is 9.76. The van der Waals surface area contributed by atoms with E-state index in [1.165, 1.54) is 0 Å². The fourth-order valence-corrected chi connectivity index (χ4v) is 3.38. The summed E-state index contributed by atoms with van der Waals surface area (Å²) in [7, 11) is 0. The van der Waals surface area contributed by atoms with Crippen molar-refractivity contribution >= 4 is 17.6 Å². The van der Waals surface area contributed by atoms with E-state index >= 15 is 0 Å². The molecule has 2 amide bonds. The molecule has 1 N–H and O–H groups in total. The van der Waals surface area contributed by atoms with Crippen molar-refractivity contribution in [2.24, 2.45) is 5.92 Å². The molecule has 1 aromatic heterocycles. The number of rotatable bonds is 8. The Kier molecular flexibility index (Phi) is 8.04. The van der Waals surface area contributed by atoms with Gasteiger partial charge < -0.3 is 10.2 Å². The van der Waals surface area contributed by atoms with Crippen LogP contribution in [0.3, 0.4) is 0 Å². The predicted octanol–water partition coefficient (Wildman–Crippen LogP) is 5.01. The molecule has 0 saturated carbocycles. The van der Waals surface area contributed by atoms with Crippen molar-refractivity contribution in [1.82, 2.24) is 14.7 Å². The lowest BCUT2D eigenvalue weighted by molar-refractivity contribution is -0.135. The third kappa shape index (κ3) is 6.42. The Bertz CT molecular complexity index is 922. The lowest BCUT2D eigenvalue weighted by Crippen LogP contribution is -2.39. The standard InChI is InChI=1S/C25H38N4O2/c1-9-13-28(24(31)14-17(2)3)16-23(30)26-22-15-21(25(6,7)8)27-29(22)20-12-10-11-18(4)19(20)5/h10-12,15,17H,9,13-14,16H2,1-8H3,(H,26,30). The van der Waals surface area contributed by atoms with Crippen LogP contribution in [-0.2, 0) is 15.0 Å². The first-order chi connectivity index (χ1) is 14.4. The second-order valence-corrected chi connectivity index (χ2v) is 9.76. The van der Waals surface area contributed by atoms with Crippen molar-refractivity contribution in [1.29, 1.82) is 0 Å². The minimum Gasteiger partial charge on any atom is -0.333 e. The van der Waals surface area contributed by atoms with E-state index in [1.54, 1.807) is 9.58 Å². The van der Waals surface area contributed by atoms with E-state index in [9.17, 15) is 9.59 Å². The van der Waals surface area contributed by atoms with Gasteiger partial charge in [0.1, 0.15) is 5.82 Å². The van der Waals surface area contributed by atoms with Gasteiger partial charge in [-0.1, -0.05) is 53.7 Å². The molecule has 2 aromatic rings. The van der Waals surface area contributed by atoms with E-state index in [2.05, 4.69) is 46.0 Å². The lowest BCUT2D eigenvalue weighted by Gasteiger charge is -2.22. The van der Waals surface area contributed by atoms with Crippen LogP contribution in [0.2, 0.25) is 0 Å². The topological polar surface area (TPSA) is 67.2 Å². The number of anilines is 1. The Morgan fingerprint density at radius 3 is 2.45 bits per heavy atom. The van der Waals surface area contributed by atoms with Gasteiger partial charge in [-0.25, -0.2) is 4.68 Å². The highest BCUT2D eigenvalue weighted by Crippen LogP contribution is 2.28. The highest BCUT2D eigenvalue weighted by atomic mass is 16.2. The fourth-order valence-electron chi connectivity index (χ4n) is 3.38. The van der Waals surface area contributed by atoms with Crippen LogP contribution in [0.1, 0.15) is 71.2 Å². The smallest absolute Gasteiger partial charge is 0.245 e. The Morgan fingerprint density at radius 2 is 1.87 bits per heavy atom. The molecular formula is C25H38N4O2. The van der Waals surface area contributed by atoms with Crippen LogP contribution >= 0.6 is 0 Å². The summed E-state index contributed by atoms with van der Waals surface area (Å²) in [6, 6.07) is 8.00. The van der Waals surface area contributed by atoms with Gasteiger partial charge in [0.25, 0.3) is 0 Å². The molecule has 1 heterocycles. The maximum absolute atomic E-state index is 12.9. The Labute approximate surface area is 187 Å². The van der Waals surface area contributed by atoms with Crippen LogP contribution in [0.5, 0.6) is 0 Å². The number of benzene rings is 1. The van der Waals surface area contributed by atoms with Gasteiger partial charge in [-0.3, -0.25) is 9.59 Å². The third-order valence-electron chi connectivity index (χ3n) is 5.31. The molecule has 0 aliphatic carbocycles. The molecule has 0 radical (unpaired) electrons. The van der Waals surface area contributed by atoms with E-state index in [0.29, 0.717) is 18.8 Å². The number of nitrogens with zero attached hydrogens (tertiary/aromatic N) is 3. The van der Waals surface area contributed by atoms with E-state index in [0.717, 1.165) is 28.9 Å². The second kappa shape index (κ2) is 10.1. The lowest BCUT2D eigenvalue weighted by atomic mass is 9.92. The maximum atomic E-state index is 12.9. The minimum atomic E-state index is -0.211. The van der Waals surface area contributed by atoms with E-state index in [-0.39, 0.29) is 29.7 Å². The zero-order valence-electron chi connectivity index (χ0n) is 20.4. The van der Waals surface area contributed by atoms with Gasteiger partial charge in [0, 0.05) is 24.4 Å². The molecule has 1 aromatic carbocycles. The first kappa shape index (κ1) is 24.6. The van der Waals surface area contributed by atoms with Gasteiger partial charge in [-0.2, -0.15) is 5.10 Å². The summed E-state index contributed by atoms with van der Waals surface area (Å²) in [6.07, 6.45) is 1.26. The Balaban J connectivity index is 2.34. The van der Waals surface area contributed by atoms with Crippen LogP contribution in [0.15, 0.2) is 24.3 Å². The van der Waals surface area contributed by atoms with E-state index in [1.807, 2.05) is 39.0 Å². The summed E-state index contributed by atoms with van der Waals surface area (Å²) in [6.45, 7) is 17.1. The van der Waals surface area contributed by atoms with Gasteiger partial charge in [-0.05, 0) is 43.4 Å². The number of hydrogen-bond acceptors (Lipinski definition) is 3. The molecule has 0 atom stereocenters. The van der Waals surface area contributed by atoms with Gasteiger partial charge in [0.05, 0.1) is 17.9 Å². The molecule has 0 spiro atoms. The quantitative estimate of drug-likeness (QED) is 0.645. The fraction of sp³-hybridized carbons (Fsp3) is 0.560. The molecule has 0 bridgehead atoms. The molecule has 2 rings (SSSR count). The van der Waals surface area contributed by atoms with Crippen LogP contribution < -0.4 is 5.32 Å². The van der Waals surface area contributed by atoms with Gasteiger partial charge in [0.2, 0.25) is 11.8 Å². The zero-order valence-corrected chi connectivity index (χ0v) is 20.4. The Morgan fingerprint density at radius 1 is 1.19 bits per heavy atom. The molecule has 0 saturated heterocycles. The first-order valence-corrected chi connectivity index (χ1v) is 11.2. The van der Waals surface area contributed by atoms with Gasteiger partial charge >= 0.3 is 0 Å². The third-order valence-corrected chi connectivity index (χ3v) is 5.31. The summed E-state index contributed by atoms with van der Waals surface area (Å²) in [5.74, 6) is 0.689. The van der Waals surface area contributed by atoms with Crippen molar-refractivity contribution in [2.45, 2.75) is 73.6 Å². The normalized spacial score (nSPS) is 11.6.